The normalized spacial score (nSPS) is 21.3. The smallest absolute Gasteiger partial charge is 0.164 e. The zero-order chi connectivity index (χ0) is 41.2. The molecule has 0 radical (unpaired) electrons. The number of benzene rings is 8. The number of hydrogen-bond acceptors (Lipinski definition) is 4. The van der Waals surface area contributed by atoms with Gasteiger partial charge in [0.25, 0.3) is 0 Å². The van der Waals surface area contributed by atoms with Crippen molar-refractivity contribution in [1.82, 2.24) is 15.0 Å². The van der Waals surface area contributed by atoms with Crippen molar-refractivity contribution in [2.24, 2.45) is 23.7 Å². The highest BCUT2D eigenvalue weighted by Gasteiger charge is 2.58. The topological polar surface area (TPSA) is 62.5 Å². The molecule has 1 heterocycles. The molecule has 4 fully saturated rings. The number of rotatable bonds is 7. The van der Waals surface area contributed by atoms with E-state index in [0.717, 1.165) is 44.9 Å². The predicted octanol–water partition coefficient (Wildman–Crippen LogP) is 14.1. The second-order valence-electron chi connectivity index (χ2n) is 18.0. The summed E-state index contributed by atoms with van der Waals surface area (Å²) >= 11 is 0. The van der Waals surface area contributed by atoms with Crippen LogP contribution in [-0.2, 0) is 5.41 Å². The van der Waals surface area contributed by atoms with Crippen molar-refractivity contribution < 1.29 is 0 Å². The van der Waals surface area contributed by atoms with Crippen LogP contribution in [0.4, 0.5) is 0 Å². The summed E-state index contributed by atoms with van der Waals surface area (Å²) in [7, 11) is 0. The van der Waals surface area contributed by atoms with Gasteiger partial charge in [-0.2, -0.15) is 5.26 Å². The molecular formula is C58H44N4. The molecule has 4 nitrogen and oxygen atoms in total. The Labute approximate surface area is 362 Å². The van der Waals surface area contributed by atoms with Gasteiger partial charge in [-0.1, -0.05) is 158 Å². The molecule has 0 saturated heterocycles. The molecule has 4 bridgehead atoms. The minimum absolute atomic E-state index is 0.0170. The van der Waals surface area contributed by atoms with E-state index < -0.39 is 0 Å². The Morgan fingerprint density at radius 2 is 0.726 bits per heavy atom. The SMILES string of the molecule is N#Cc1ccc(-c2ccc(C3(c4ccc(-c5ccc(-c6nc(-c7ccc8ccccc8c7)nc(-c7ccc8ccccc8c7)n6)cc5)cc4)C4CC5CC(C4)CC3C5)cc2)cc1. The fourth-order valence-corrected chi connectivity index (χ4v) is 11.9. The molecular weight excluding hydrogens is 753 g/mol. The minimum atomic E-state index is 0.0170. The Bertz CT molecular complexity index is 3050. The van der Waals surface area contributed by atoms with E-state index in [1.807, 2.05) is 12.1 Å². The van der Waals surface area contributed by atoms with Gasteiger partial charge in [-0.15, -0.1) is 0 Å². The van der Waals surface area contributed by atoms with E-state index >= 15 is 0 Å². The van der Waals surface area contributed by atoms with Crippen LogP contribution in [0.3, 0.4) is 0 Å². The standard InChI is InChI=1S/C58H44N4/c59-36-37-9-11-42(12-10-37)44-21-25-51(26-22-44)58(53-30-38-29-39(32-53)33-54(58)31-38)52-27-23-45(24-28-52)43-13-17-46(18-14-43)55-60-56(49-19-15-40-5-1-3-7-47(40)34-49)62-57(61-55)50-20-16-41-6-2-4-8-48(41)35-50/h1-28,34-35,38-39,53-54H,29-33H2. The summed E-state index contributed by atoms with van der Waals surface area (Å²) in [6.07, 6.45) is 6.74. The monoisotopic (exact) mass is 796 g/mol. The third kappa shape index (κ3) is 6.22. The maximum Gasteiger partial charge on any atom is 0.164 e. The number of hydrogen-bond donors (Lipinski definition) is 0. The Morgan fingerprint density at radius 1 is 0.371 bits per heavy atom. The summed E-state index contributed by atoms with van der Waals surface area (Å²) in [6.45, 7) is 0. The van der Waals surface area contributed by atoms with Crippen LogP contribution in [0.15, 0.2) is 182 Å². The van der Waals surface area contributed by atoms with Crippen LogP contribution in [0.2, 0.25) is 0 Å². The quantitative estimate of drug-likeness (QED) is 0.161. The third-order valence-electron chi connectivity index (χ3n) is 14.6. The average molecular weight is 797 g/mol. The van der Waals surface area contributed by atoms with Gasteiger partial charge in [-0.05, 0) is 135 Å². The van der Waals surface area contributed by atoms with Crippen molar-refractivity contribution in [1.29, 1.82) is 5.26 Å². The summed E-state index contributed by atoms with van der Waals surface area (Å²) in [5, 5.41) is 14.0. The van der Waals surface area contributed by atoms with Crippen molar-refractivity contribution in [3.05, 3.63) is 199 Å². The highest BCUT2D eigenvalue weighted by Crippen LogP contribution is 2.65. The van der Waals surface area contributed by atoms with Gasteiger partial charge in [0.1, 0.15) is 0 Å². The van der Waals surface area contributed by atoms with Gasteiger partial charge in [0.05, 0.1) is 11.6 Å². The first-order valence-electron chi connectivity index (χ1n) is 22.1. The van der Waals surface area contributed by atoms with Crippen molar-refractivity contribution >= 4 is 21.5 Å². The third-order valence-corrected chi connectivity index (χ3v) is 14.6. The van der Waals surface area contributed by atoms with Crippen LogP contribution < -0.4 is 0 Å². The van der Waals surface area contributed by atoms with Gasteiger partial charge < -0.3 is 0 Å². The first kappa shape index (κ1) is 36.6. The van der Waals surface area contributed by atoms with Gasteiger partial charge in [0.15, 0.2) is 17.5 Å². The molecule has 0 unspecified atom stereocenters. The van der Waals surface area contributed by atoms with Crippen LogP contribution in [0.25, 0.3) is 78.0 Å². The van der Waals surface area contributed by atoms with Gasteiger partial charge in [-0.3, -0.25) is 0 Å². The Hall–Kier alpha value is -7.22. The van der Waals surface area contributed by atoms with Gasteiger partial charge in [0.2, 0.25) is 0 Å². The van der Waals surface area contributed by atoms with Crippen molar-refractivity contribution in [3.8, 4) is 62.5 Å². The minimum Gasteiger partial charge on any atom is -0.208 e. The lowest BCUT2D eigenvalue weighted by Crippen LogP contribution is -2.56. The number of nitriles is 1. The van der Waals surface area contributed by atoms with Crippen molar-refractivity contribution in [3.63, 3.8) is 0 Å². The summed E-state index contributed by atoms with van der Waals surface area (Å²) in [6, 6.07) is 67.6. The molecule has 0 spiro atoms. The summed E-state index contributed by atoms with van der Waals surface area (Å²) < 4.78 is 0. The molecule has 0 N–H and O–H groups in total. The molecule has 0 amide bonds. The van der Waals surface area contributed by atoms with Crippen molar-refractivity contribution in [2.45, 2.75) is 37.5 Å². The molecule has 4 saturated carbocycles. The molecule has 296 valence electrons. The van der Waals surface area contributed by atoms with E-state index in [1.165, 1.54) is 70.7 Å². The van der Waals surface area contributed by atoms with E-state index in [-0.39, 0.29) is 5.41 Å². The number of aromatic nitrogens is 3. The van der Waals surface area contributed by atoms with Crippen LogP contribution in [0.1, 0.15) is 48.8 Å². The maximum atomic E-state index is 9.33. The molecule has 8 aromatic carbocycles. The van der Waals surface area contributed by atoms with Gasteiger partial charge in [-0.25, -0.2) is 15.0 Å². The highest BCUT2D eigenvalue weighted by atomic mass is 15.0. The zero-order valence-corrected chi connectivity index (χ0v) is 34.5. The molecule has 1 aromatic heterocycles. The fourth-order valence-electron chi connectivity index (χ4n) is 11.9. The van der Waals surface area contributed by atoms with Crippen LogP contribution >= 0.6 is 0 Å². The van der Waals surface area contributed by atoms with E-state index in [2.05, 4.69) is 176 Å². The van der Waals surface area contributed by atoms with Gasteiger partial charge >= 0.3 is 0 Å². The predicted molar refractivity (Wildman–Crippen MR) is 251 cm³/mol. The van der Waals surface area contributed by atoms with E-state index in [0.29, 0.717) is 34.9 Å². The van der Waals surface area contributed by atoms with Crippen molar-refractivity contribution in [2.75, 3.05) is 0 Å². The molecule has 9 aromatic rings. The Kier molecular flexibility index (Phi) is 8.71. The molecule has 62 heavy (non-hydrogen) atoms. The average Bonchev–Trinajstić information content (AvgIpc) is 3.34. The first-order valence-corrected chi connectivity index (χ1v) is 22.1. The fraction of sp³-hybridized carbons (Fsp3) is 0.172. The molecule has 0 aliphatic heterocycles. The van der Waals surface area contributed by atoms with E-state index in [1.54, 1.807) is 0 Å². The number of nitrogens with zero attached hydrogens (tertiary/aromatic N) is 4. The molecule has 4 aliphatic rings. The number of fused-ring (bicyclic) bond motifs is 2. The largest absolute Gasteiger partial charge is 0.208 e. The summed E-state index contributed by atoms with van der Waals surface area (Å²) in [5.41, 5.74) is 11.2. The van der Waals surface area contributed by atoms with Crippen LogP contribution in [0.5, 0.6) is 0 Å². The summed E-state index contributed by atoms with van der Waals surface area (Å²) in [5.74, 6) is 5.03. The maximum absolute atomic E-state index is 9.33. The summed E-state index contributed by atoms with van der Waals surface area (Å²) in [4.78, 5) is 15.3. The molecule has 13 rings (SSSR count). The lowest BCUT2D eigenvalue weighted by atomic mass is 9.42. The van der Waals surface area contributed by atoms with Crippen LogP contribution in [0, 0.1) is 35.0 Å². The molecule has 4 heteroatoms. The van der Waals surface area contributed by atoms with E-state index in [9.17, 15) is 5.26 Å². The second kappa shape index (κ2) is 14.8. The molecule has 0 atom stereocenters. The lowest BCUT2D eigenvalue weighted by Gasteiger charge is -2.62. The Morgan fingerprint density at radius 3 is 1.16 bits per heavy atom. The first-order chi connectivity index (χ1) is 30.6. The zero-order valence-electron chi connectivity index (χ0n) is 34.5. The highest BCUT2D eigenvalue weighted by molar-refractivity contribution is 5.88. The lowest BCUT2D eigenvalue weighted by molar-refractivity contribution is -0.0418. The van der Waals surface area contributed by atoms with E-state index in [4.69, 9.17) is 15.0 Å². The Balaban J connectivity index is 0.886. The van der Waals surface area contributed by atoms with Gasteiger partial charge in [0, 0.05) is 22.1 Å². The van der Waals surface area contributed by atoms with Crippen LogP contribution in [-0.4, -0.2) is 15.0 Å². The molecule has 4 aliphatic carbocycles. The second-order valence-corrected chi connectivity index (χ2v) is 18.0.